The van der Waals surface area contributed by atoms with Gasteiger partial charge in [-0.05, 0) is 61.9 Å². The number of carbonyl (C=O) groups is 1. The van der Waals surface area contributed by atoms with Crippen LogP contribution >= 0.6 is 23.4 Å². The van der Waals surface area contributed by atoms with Crippen LogP contribution in [0.4, 0.5) is 10.1 Å². The summed E-state index contributed by atoms with van der Waals surface area (Å²) in [7, 11) is 0. The number of likely N-dealkylation sites (N-methyl/N-ethyl adjacent to an activating group) is 1. The molecule has 0 bridgehead atoms. The van der Waals surface area contributed by atoms with E-state index in [0.29, 0.717) is 16.6 Å². The standard InChI is InChI=1S/C20H18ClFN2OS/c1-4-24-19(25)17(11-14-15(21)9-6-10-16(14)22)26-20(24)23-18-12(2)7-5-8-13(18)3/h5-11H,4H2,1-3H3/b17-11+,23-20?. The minimum Gasteiger partial charge on any atom is -0.287 e. The molecule has 0 radical (unpaired) electrons. The van der Waals surface area contributed by atoms with Gasteiger partial charge in [0.1, 0.15) is 5.82 Å². The molecule has 6 heteroatoms. The Morgan fingerprint density at radius 3 is 2.46 bits per heavy atom. The van der Waals surface area contributed by atoms with Gasteiger partial charge in [0, 0.05) is 12.1 Å². The first-order chi connectivity index (χ1) is 12.4. The van der Waals surface area contributed by atoms with E-state index in [1.807, 2.05) is 39.0 Å². The number of para-hydroxylation sites is 1. The van der Waals surface area contributed by atoms with Crippen molar-refractivity contribution in [3.05, 3.63) is 68.8 Å². The fraction of sp³-hybridized carbons (Fsp3) is 0.200. The maximum atomic E-state index is 14.1. The molecule has 1 fully saturated rings. The van der Waals surface area contributed by atoms with Gasteiger partial charge >= 0.3 is 0 Å². The average Bonchev–Trinajstić information content (AvgIpc) is 2.89. The number of rotatable bonds is 3. The Bertz CT molecular complexity index is 899. The van der Waals surface area contributed by atoms with E-state index in [0.717, 1.165) is 16.8 Å². The summed E-state index contributed by atoms with van der Waals surface area (Å²) < 4.78 is 14.1. The minimum atomic E-state index is -0.457. The predicted molar refractivity (Wildman–Crippen MR) is 107 cm³/mol. The maximum Gasteiger partial charge on any atom is 0.266 e. The van der Waals surface area contributed by atoms with Crippen molar-refractivity contribution in [2.75, 3.05) is 6.54 Å². The molecule has 2 aromatic rings. The Morgan fingerprint density at radius 2 is 1.85 bits per heavy atom. The van der Waals surface area contributed by atoms with Crippen molar-refractivity contribution in [3.8, 4) is 0 Å². The summed E-state index contributed by atoms with van der Waals surface area (Å²) in [5.74, 6) is -0.650. The molecule has 1 saturated heterocycles. The van der Waals surface area contributed by atoms with Crippen LogP contribution in [0.25, 0.3) is 6.08 Å². The summed E-state index contributed by atoms with van der Waals surface area (Å²) in [5, 5.41) is 0.864. The molecule has 0 aliphatic carbocycles. The van der Waals surface area contributed by atoms with Crippen molar-refractivity contribution in [1.82, 2.24) is 4.90 Å². The summed E-state index contributed by atoms with van der Waals surface area (Å²) in [6, 6.07) is 10.4. The Kier molecular flexibility index (Phi) is 5.49. The largest absolute Gasteiger partial charge is 0.287 e. The molecule has 0 unspecified atom stereocenters. The molecule has 2 aromatic carbocycles. The molecule has 0 spiro atoms. The fourth-order valence-electron chi connectivity index (χ4n) is 2.73. The Balaban J connectivity index is 2.04. The van der Waals surface area contributed by atoms with Gasteiger partial charge in [0.05, 0.1) is 15.6 Å². The Morgan fingerprint density at radius 1 is 1.19 bits per heavy atom. The zero-order chi connectivity index (χ0) is 18.8. The second-order valence-corrected chi connectivity index (χ2v) is 7.35. The summed E-state index contributed by atoms with van der Waals surface area (Å²) in [6.07, 6.45) is 1.50. The molecular weight excluding hydrogens is 371 g/mol. The lowest BCUT2D eigenvalue weighted by Gasteiger charge is -2.13. The number of amidine groups is 1. The highest BCUT2D eigenvalue weighted by Gasteiger charge is 2.32. The summed E-state index contributed by atoms with van der Waals surface area (Å²) >= 11 is 7.32. The molecule has 1 amide bonds. The lowest BCUT2D eigenvalue weighted by atomic mass is 10.1. The molecule has 134 valence electrons. The zero-order valence-corrected chi connectivity index (χ0v) is 16.3. The van der Waals surface area contributed by atoms with Gasteiger partial charge < -0.3 is 0 Å². The van der Waals surface area contributed by atoms with E-state index in [1.54, 1.807) is 11.0 Å². The van der Waals surface area contributed by atoms with Crippen LogP contribution in [-0.4, -0.2) is 22.5 Å². The summed E-state index contributed by atoms with van der Waals surface area (Å²) in [4.78, 5) is 19.4. The number of hydrogen-bond donors (Lipinski definition) is 0. The van der Waals surface area contributed by atoms with E-state index >= 15 is 0 Å². The number of aliphatic imine (C=N–C) groups is 1. The number of hydrogen-bond acceptors (Lipinski definition) is 3. The van der Waals surface area contributed by atoms with Gasteiger partial charge in [-0.3, -0.25) is 9.69 Å². The summed E-state index contributed by atoms with van der Waals surface area (Å²) in [5.41, 5.74) is 3.15. The van der Waals surface area contributed by atoms with Crippen LogP contribution in [0.1, 0.15) is 23.6 Å². The topological polar surface area (TPSA) is 32.7 Å². The molecule has 0 N–H and O–H groups in total. The lowest BCUT2D eigenvalue weighted by Crippen LogP contribution is -2.28. The molecule has 0 aromatic heterocycles. The van der Waals surface area contributed by atoms with Gasteiger partial charge in [-0.2, -0.15) is 0 Å². The lowest BCUT2D eigenvalue weighted by molar-refractivity contribution is -0.122. The van der Waals surface area contributed by atoms with Crippen molar-refractivity contribution in [2.45, 2.75) is 20.8 Å². The molecule has 0 saturated carbocycles. The highest BCUT2D eigenvalue weighted by Crippen LogP contribution is 2.36. The second kappa shape index (κ2) is 7.64. The van der Waals surface area contributed by atoms with Crippen molar-refractivity contribution in [2.24, 2.45) is 4.99 Å². The number of aryl methyl sites for hydroxylation is 2. The van der Waals surface area contributed by atoms with Gasteiger partial charge in [0.15, 0.2) is 5.17 Å². The number of halogens is 2. The van der Waals surface area contributed by atoms with Crippen molar-refractivity contribution in [3.63, 3.8) is 0 Å². The van der Waals surface area contributed by atoms with Gasteiger partial charge in [-0.1, -0.05) is 35.9 Å². The smallest absolute Gasteiger partial charge is 0.266 e. The minimum absolute atomic E-state index is 0.193. The average molecular weight is 389 g/mol. The fourth-order valence-corrected chi connectivity index (χ4v) is 3.98. The molecule has 26 heavy (non-hydrogen) atoms. The monoisotopic (exact) mass is 388 g/mol. The van der Waals surface area contributed by atoms with Gasteiger partial charge in [0.2, 0.25) is 0 Å². The molecule has 3 rings (SSSR count). The molecule has 1 aliphatic rings. The molecular formula is C20H18ClFN2OS. The van der Waals surface area contributed by atoms with E-state index in [-0.39, 0.29) is 16.5 Å². The van der Waals surface area contributed by atoms with Crippen LogP contribution in [0.3, 0.4) is 0 Å². The van der Waals surface area contributed by atoms with Crippen molar-refractivity contribution >= 4 is 46.2 Å². The highest BCUT2D eigenvalue weighted by atomic mass is 35.5. The van der Waals surface area contributed by atoms with Crippen LogP contribution < -0.4 is 0 Å². The second-order valence-electron chi connectivity index (χ2n) is 5.93. The molecule has 0 atom stereocenters. The number of carbonyl (C=O) groups excluding carboxylic acids is 1. The van der Waals surface area contributed by atoms with Crippen LogP contribution in [0.5, 0.6) is 0 Å². The van der Waals surface area contributed by atoms with Crippen LogP contribution in [0, 0.1) is 19.7 Å². The molecule has 3 nitrogen and oxygen atoms in total. The van der Waals surface area contributed by atoms with E-state index in [9.17, 15) is 9.18 Å². The number of nitrogens with zero attached hydrogens (tertiary/aromatic N) is 2. The Labute approximate surface area is 161 Å². The maximum absolute atomic E-state index is 14.1. The van der Waals surface area contributed by atoms with Gasteiger partial charge in [-0.15, -0.1) is 0 Å². The quantitative estimate of drug-likeness (QED) is 0.630. The number of benzene rings is 2. The normalized spacial score (nSPS) is 17.6. The SMILES string of the molecule is CCN1C(=O)/C(=C\c2c(F)cccc2Cl)SC1=Nc1c(C)cccc1C. The van der Waals surface area contributed by atoms with Crippen LogP contribution in [0.2, 0.25) is 5.02 Å². The number of thioether (sulfide) groups is 1. The van der Waals surface area contributed by atoms with Crippen LogP contribution in [-0.2, 0) is 4.79 Å². The first kappa shape index (κ1) is 18.7. The highest BCUT2D eigenvalue weighted by molar-refractivity contribution is 8.18. The van der Waals surface area contributed by atoms with Gasteiger partial charge in [-0.25, -0.2) is 9.38 Å². The van der Waals surface area contributed by atoms with E-state index < -0.39 is 5.82 Å². The van der Waals surface area contributed by atoms with Crippen molar-refractivity contribution in [1.29, 1.82) is 0 Å². The van der Waals surface area contributed by atoms with E-state index in [4.69, 9.17) is 16.6 Å². The first-order valence-electron chi connectivity index (χ1n) is 8.22. The number of amides is 1. The third-order valence-electron chi connectivity index (χ3n) is 4.13. The third-order valence-corrected chi connectivity index (χ3v) is 5.46. The summed E-state index contributed by atoms with van der Waals surface area (Å²) in [6.45, 7) is 6.34. The van der Waals surface area contributed by atoms with E-state index in [1.165, 1.54) is 30.0 Å². The van der Waals surface area contributed by atoms with E-state index in [2.05, 4.69) is 0 Å². The van der Waals surface area contributed by atoms with Crippen LogP contribution in [0.15, 0.2) is 46.3 Å². The molecule has 1 aliphatic heterocycles. The Hall–Kier alpha value is -2.11. The van der Waals surface area contributed by atoms with Crippen molar-refractivity contribution < 1.29 is 9.18 Å². The first-order valence-corrected chi connectivity index (χ1v) is 9.42. The third kappa shape index (κ3) is 3.55. The molecule has 1 heterocycles. The zero-order valence-electron chi connectivity index (χ0n) is 14.7. The predicted octanol–water partition coefficient (Wildman–Crippen LogP) is 5.72. The van der Waals surface area contributed by atoms with Gasteiger partial charge in [0.25, 0.3) is 5.91 Å².